The van der Waals surface area contributed by atoms with Crippen LogP contribution in [-0.4, -0.2) is 23.4 Å². The lowest BCUT2D eigenvalue weighted by molar-refractivity contribution is -0.384. The number of nitrogens with zero attached hydrogens (tertiary/aromatic N) is 1. The maximum atomic E-state index is 11.9. The van der Waals surface area contributed by atoms with E-state index in [-0.39, 0.29) is 30.0 Å². The first-order chi connectivity index (χ1) is 9.16. The number of amides is 1. The summed E-state index contributed by atoms with van der Waals surface area (Å²) in [5.74, 6) is -0.00180. The molecule has 0 aromatic heterocycles. The fraction of sp³-hybridized carbons (Fsp3) is 0.462. The first kappa shape index (κ1) is 16.4. The molecule has 1 aromatic carbocycles. The van der Waals surface area contributed by atoms with Crippen molar-refractivity contribution in [3.63, 3.8) is 0 Å². The first-order valence-corrected chi connectivity index (χ1v) is 6.41. The number of rotatable bonds is 4. The molecule has 1 unspecified atom stereocenters. The van der Waals surface area contributed by atoms with Crippen molar-refractivity contribution in [3.05, 3.63) is 39.9 Å². The predicted octanol–water partition coefficient (Wildman–Crippen LogP) is 1.77. The fourth-order valence-electron chi connectivity index (χ4n) is 2.12. The van der Waals surface area contributed by atoms with Crippen molar-refractivity contribution in [1.82, 2.24) is 10.6 Å². The van der Waals surface area contributed by atoms with E-state index in [1.165, 1.54) is 12.1 Å². The number of hydrogen-bond donors (Lipinski definition) is 2. The van der Waals surface area contributed by atoms with Crippen LogP contribution >= 0.6 is 12.4 Å². The molecule has 1 aliphatic rings. The highest BCUT2D eigenvalue weighted by atomic mass is 35.5. The molecule has 6 nitrogen and oxygen atoms in total. The zero-order valence-electron chi connectivity index (χ0n) is 11.0. The van der Waals surface area contributed by atoms with Gasteiger partial charge in [0.15, 0.2) is 0 Å². The van der Waals surface area contributed by atoms with E-state index < -0.39 is 4.92 Å². The van der Waals surface area contributed by atoms with Gasteiger partial charge in [-0.1, -0.05) is 18.6 Å². The quantitative estimate of drug-likeness (QED) is 0.655. The Labute approximate surface area is 123 Å². The van der Waals surface area contributed by atoms with Crippen LogP contribution in [-0.2, 0) is 11.3 Å². The highest BCUT2D eigenvalue weighted by molar-refractivity contribution is 5.85. The number of non-ortho nitro benzene ring substituents is 1. The Bertz CT molecular complexity index is 458. The van der Waals surface area contributed by atoms with E-state index in [9.17, 15) is 14.9 Å². The molecular weight excluding hydrogens is 282 g/mol. The highest BCUT2D eigenvalue weighted by Crippen LogP contribution is 2.12. The molecule has 1 heterocycles. The molecule has 110 valence electrons. The van der Waals surface area contributed by atoms with Gasteiger partial charge in [-0.05, 0) is 24.9 Å². The molecule has 2 rings (SSSR count). The van der Waals surface area contributed by atoms with Crippen molar-refractivity contribution < 1.29 is 9.72 Å². The van der Waals surface area contributed by atoms with Gasteiger partial charge in [-0.2, -0.15) is 0 Å². The van der Waals surface area contributed by atoms with Crippen molar-refractivity contribution in [2.45, 2.75) is 31.8 Å². The smallest absolute Gasteiger partial charge is 0.269 e. The van der Waals surface area contributed by atoms with Crippen LogP contribution in [0.4, 0.5) is 5.69 Å². The topological polar surface area (TPSA) is 84.3 Å². The Balaban J connectivity index is 0.00000200. The van der Waals surface area contributed by atoms with Gasteiger partial charge >= 0.3 is 0 Å². The number of carbonyl (C=O) groups excluding carboxylic acids is 1. The summed E-state index contributed by atoms with van der Waals surface area (Å²) in [5.41, 5.74) is 0.916. The molecule has 2 N–H and O–H groups in total. The van der Waals surface area contributed by atoms with Crippen LogP contribution in [0.15, 0.2) is 24.3 Å². The first-order valence-electron chi connectivity index (χ1n) is 6.41. The van der Waals surface area contributed by atoms with Crippen LogP contribution in [0.5, 0.6) is 0 Å². The van der Waals surface area contributed by atoms with E-state index in [2.05, 4.69) is 10.6 Å². The van der Waals surface area contributed by atoms with E-state index in [0.717, 1.165) is 31.4 Å². The summed E-state index contributed by atoms with van der Waals surface area (Å²) in [6, 6.07) is 6.10. The summed E-state index contributed by atoms with van der Waals surface area (Å²) in [7, 11) is 0. The summed E-state index contributed by atoms with van der Waals surface area (Å²) in [6.07, 6.45) is 3.06. The van der Waals surface area contributed by atoms with Crippen LogP contribution in [0.1, 0.15) is 24.8 Å². The molecule has 0 bridgehead atoms. The Morgan fingerprint density at radius 1 is 1.35 bits per heavy atom. The highest BCUT2D eigenvalue weighted by Gasteiger charge is 2.19. The second-order valence-electron chi connectivity index (χ2n) is 4.64. The SMILES string of the molecule is Cl.O=C(NCc1ccc([N+](=O)[O-])cc1)C1CCCCN1. The average Bonchev–Trinajstić information content (AvgIpc) is 2.46. The number of nitro benzene ring substituents is 1. The summed E-state index contributed by atoms with van der Waals surface area (Å²) in [4.78, 5) is 21.9. The van der Waals surface area contributed by atoms with Crippen molar-refractivity contribution in [2.75, 3.05) is 6.54 Å². The van der Waals surface area contributed by atoms with Gasteiger partial charge in [0.25, 0.3) is 5.69 Å². The average molecular weight is 300 g/mol. The molecular formula is C13H18ClN3O3. The van der Waals surface area contributed by atoms with Crippen LogP contribution in [0.25, 0.3) is 0 Å². The Kier molecular flexibility index (Phi) is 6.41. The second kappa shape index (κ2) is 7.81. The molecule has 0 saturated carbocycles. The van der Waals surface area contributed by atoms with Gasteiger partial charge in [-0.3, -0.25) is 14.9 Å². The van der Waals surface area contributed by atoms with Gasteiger partial charge in [0.2, 0.25) is 5.91 Å². The molecule has 1 amide bonds. The summed E-state index contributed by atoms with van der Waals surface area (Å²) < 4.78 is 0. The summed E-state index contributed by atoms with van der Waals surface area (Å²) in [6.45, 7) is 1.28. The minimum absolute atomic E-state index is 0. The molecule has 1 fully saturated rings. The summed E-state index contributed by atoms with van der Waals surface area (Å²) in [5, 5.41) is 16.5. The number of carbonyl (C=O) groups is 1. The van der Waals surface area contributed by atoms with Crippen molar-refractivity contribution in [1.29, 1.82) is 0 Å². The monoisotopic (exact) mass is 299 g/mol. The molecule has 20 heavy (non-hydrogen) atoms. The standard InChI is InChI=1S/C13H17N3O3.ClH/c17-13(12-3-1-2-8-14-12)15-9-10-4-6-11(7-5-10)16(18)19;/h4-7,12,14H,1-3,8-9H2,(H,15,17);1H. The molecule has 0 spiro atoms. The summed E-state index contributed by atoms with van der Waals surface area (Å²) >= 11 is 0. The number of nitrogens with one attached hydrogen (secondary N) is 2. The molecule has 1 aromatic rings. The number of halogens is 1. The van der Waals surface area contributed by atoms with E-state index in [1.54, 1.807) is 12.1 Å². The van der Waals surface area contributed by atoms with E-state index in [1.807, 2.05) is 0 Å². The van der Waals surface area contributed by atoms with Gasteiger partial charge in [-0.25, -0.2) is 0 Å². The molecule has 1 saturated heterocycles. The van der Waals surface area contributed by atoms with E-state index >= 15 is 0 Å². The van der Waals surface area contributed by atoms with Gasteiger partial charge in [0.1, 0.15) is 0 Å². The lowest BCUT2D eigenvalue weighted by atomic mass is 10.0. The van der Waals surface area contributed by atoms with Crippen molar-refractivity contribution in [3.8, 4) is 0 Å². The minimum atomic E-state index is -0.436. The number of piperidine rings is 1. The van der Waals surface area contributed by atoms with Crippen LogP contribution < -0.4 is 10.6 Å². The van der Waals surface area contributed by atoms with Crippen molar-refractivity contribution in [2.24, 2.45) is 0 Å². The maximum absolute atomic E-state index is 11.9. The van der Waals surface area contributed by atoms with Crippen LogP contribution in [0, 0.1) is 10.1 Å². The lowest BCUT2D eigenvalue weighted by Crippen LogP contribution is -2.46. The van der Waals surface area contributed by atoms with E-state index in [4.69, 9.17) is 0 Å². The van der Waals surface area contributed by atoms with Crippen molar-refractivity contribution >= 4 is 24.0 Å². The third kappa shape index (κ3) is 4.47. The Hall–Kier alpha value is -1.66. The van der Waals surface area contributed by atoms with Gasteiger partial charge in [0.05, 0.1) is 11.0 Å². The zero-order valence-corrected chi connectivity index (χ0v) is 11.8. The van der Waals surface area contributed by atoms with Crippen LogP contribution in [0.3, 0.4) is 0 Å². The lowest BCUT2D eigenvalue weighted by Gasteiger charge is -2.22. The Morgan fingerprint density at radius 3 is 2.60 bits per heavy atom. The Morgan fingerprint density at radius 2 is 2.05 bits per heavy atom. The van der Waals surface area contributed by atoms with Crippen LogP contribution in [0.2, 0.25) is 0 Å². The number of hydrogen-bond acceptors (Lipinski definition) is 4. The second-order valence-corrected chi connectivity index (χ2v) is 4.64. The van der Waals surface area contributed by atoms with Gasteiger partial charge in [0, 0.05) is 18.7 Å². The molecule has 0 aliphatic carbocycles. The maximum Gasteiger partial charge on any atom is 0.269 e. The third-order valence-corrected chi connectivity index (χ3v) is 3.24. The predicted molar refractivity (Wildman–Crippen MR) is 77.8 cm³/mol. The van der Waals surface area contributed by atoms with Gasteiger partial charge < -0.3 is 10.6 Å². The molecule has 1 aliphatic heterocycles. The zero-order chi connectivity index (χ0) is 13.7. The molecule has 1 atom stereocenters. The minimum Gasteiger partial charge on any atom is -0.351 e. The molecule has 7 heteroatoms. The molecule has 0 radical (unpaired) electrons. The fourth-order valence-corrected chi connectivity index (χ4v) is 2.12. The van der Waals surface area contributed by atoms with E-state index in [0.29, 0.717) is 6.54 Å². The number of benzene rings is 1. The van der Waals surface area contributed by atoms with Gasteiger partial charge in [-0.15, -0.1) is 12.4 Å². The normalized spacial score (nSPS) is 17.9. The number of nitro groups is 1. The largest absolute Gasteiger partial charge is 0.351 e. The third-order valence-electron chi connectivity index (χ3n) is 3.24.